The van der Waals surface area contributed by atoms with Crippen molar-refractivity contribution in [3.63, 3.8) is 0 Å². The molecule has 21 heavy (non-hydrogen) atoms. The average Bonchev–Trinajstić information content (AvgIpc) is 2.54. The molecule has 1 saturated heterocycles. The highest BCUT2D eigenvalue weighted by Crippen LogP contribution is 2.24. The Balaban J connectivity index is 1.93. The fourth-order valence-corrected chi connectivity index (χ4v) is 2.26. The van der Waals surface area contributed by atoms with Crippen LogP contribution >= 0.6 is 0 Å². The molecule has 0 aromatic heterocycles. The second-order valence-corrected chi connectivity index (χ2v) is 5.05. The summed E-state index contributed by atoms with van der Waals surface area (Å²) in [7, 11) is 3.35. The van der Waals surface area contributed by atoms with Crippen molar-refractivity contribution in [2.45, 2.75) is 18.4 Å². The number of anilines is 1. The Morgan fingerprint density at radius 2 is 1.95 bits per heavy atom. The molecule has 3 N–H and O–H groups in total. The number of guanidine groups is 1. The molecule has 0 atom stereocenters. The molecule has 1 aliphatic rings. The Morgan fingerprint density at radius 1 is 1.29 bits per heavy atom. The quantitative estimate of drug-likeness (QED) is 0.637. The third-order valence-corrected chi connectivity index (χ3v) is 3.74. The molecule has 0 unspecified atom stereocenters. The average molecular weight is 293 g/mol. The molecule has 0 amide bonds. The number of nitrogens with zero attached hydrogens (tertiary/aromatic N) is 1. The Morgan fingerprint density at radius 3 is 2.52 bits per heavy atom. The van der Waals surface area contributed by atoms with Gasteiger partial charge in [-0.15, -0.1) is 0 Å². The summed E-state index contributed by atoms with van der Waals surface area (Å²) >= 11 is 0. The van der Waals surface area contributed by atoms with Gasteiger partial charge in [-0.05, 0) is 24.3 Å². The third-order valence-electron chi connectivity index (χ3n) is 3.74. The van der Waals surface area contributed by atoms with Crippen LogP contribution in [0.1, 0.15) is 12.8 Å². The predicted octanol–water partition coefficient (Wildman–Crippen LogP) is 1.62. The highest BCUT2D eigenvalue weighted by molar-refractivity contribution is 5.92. The molecule has 0 aliphatic carbocycles. The smallest absolute Gasteiger partial charge is 0.193 e. The van der Waals surface area contributed by atoms with Crippen LogP contribution in [0.5, 0.6) is 5.75 Å². The molecule has 0 bridgehead atoms. The molecule has 1 aromatic carbocycles. The second kappa shape index (κ2) is 7.28. The molecular weight excluding hydrogens is 270 g/mol. The topological polar surface area (TPSA) is 78.1 Å². The van der Waals surface area contributed by atoms with Crippen LogP contribution in [0.3, 0.4) is 0 Å². The molecule has 1 heterocycles. The van der Waals surface area contributed by atoms with Gasteiger partial charge in [0.05, 0.1) is 19.3 Å². The van der Waals surface area contributed by atoms with Gasteiger partial charge in [-0.25, -0.2) is 0 Å². The van der Waals surface area contributed by atoms with Crippen molar-refractivity contribution >= 4 is 11.6 Å². The third kappa shape index (κ3) is 4.34. The van der Waals surface area contributed by atoms with Crippen LogP contribution in [0, 0.1) is 0 Å². The van der Waals surface area contributed by atoms with Crippen molar-refractivity contribution in [3.05, 3.63) is 24.3 Å². The van der Waals surface area contributed by atoms with Gasteiger partial charge >= 0.3 is 0 Å². The molecule has 6 heteroatoms. The minimum Gasteiger partial charge on any atom is -0.497 e. The molecule has 2 rings (SSSR count). The van der Waals surface area contributed by atoms with E-state index in [1.807, 2.05) is 24.3 Å². The van der Waals surface area contributed by atoms with Gasteiger partial charge in [0.25, 0.3) is 0 Å². The van der Waals surface area contributed by atoms with Crippen LogP contribution in [0.2, 0.25) is 0 Å². The minimum atomic E-state index is -0.259. The molecule has 1 aromatic rings. The van der Waals surface area contributed by atoms with Gasteiger partial charge in [0, 0.05) is 38.9 Å². The molecule has 116 valence electrons. The summed E-state index contributed by atoms with van der Waals surface area (Å²) in [5.74, 6) is 1.18. The van der Waals surface area contributed by atoms with E-state index in [0.29, 0.717) is 25.7 Å². The zero-order chi connectivity index (χ0) is 15.1. The van der Waals surface area contributed by atoms with Gasteiger partial charge < -0.3 is 25.3 Å². The van der Waals surface area contributed by atoms with E-state index in [1.165, 1.54) is 0 Å². The van der Waals surface area contributed by atoms with Gasteiger partial charge in [0.2, 0.25) is 0 Å². The molecular formula is C15H23N3O3. The Kier molecular flexibility index (Phi) is 5.41. The maximum Gasteiger partial charge on any atom is 0.193 e. The zero-order valence-corrected chi connectivity index (χ0v) is 12.6. The Labute approximate surface area is 125 Å². The van der Waals surface area contributed by atoms with E-state index in [4.69, 9.17) is 19.9 Å². The first kappa shape index (κ1) is 15.6. The van der Waals surface area contributed by atoms with Crippen molar-refractivity contribution in [2.24, 2.45) is 10.7 Å². The molecule has 0 saturated carbocycles. The number of nitrogens with two attached hydrogens (primary N) is 1. The van der Waals surface area contributed by atoms with Crippen LogP contribution in [0.25, 0.3) is 0 Å². The van der Waals surface area contributed by atoms with E-state index in [2.05, 4.69) is 10.3 Å². The van der Waals surface area contributed by atoms with E-state index in [-0.39, 0.29) is 5.60 Å². The van der Waals surface area contributed by atoms with Crippen LogP contribution in [-0.4, -0.2) is 45.5 Å². The molecule has 0 spiro atoms. The first-order valence-corrected chi connectivity index (χ1v) is 7.01. The summed E-state index contributed by atoms with van der Waals surface area (Å²) in [5.41, 5.74) is 6.54. The summed E-state index contributed by atoms with van der Waals surface area (Å²) < 4.78 is 16.1. The number of ether oxygens (including phenoxy) is 3. The standard InChI is InChI=1S/C15H23N3O3/c1-19-13-5-3-12(4-6-13)18-14(16)17-11-15(20-2)7-9-21-10-8-15/h3-6H,7-11H2,1-2H3,(H3,16,17,18). The molecule has 1 fully saturated rings. The van der Waals surface area contributed by atoms with Gasteiger partial charge in [-0.3, -0.25) is 4.99 Å². The minimum absolute atomic E-state index is 0.259. The van der Waals surface area contributed by atoms with Crippen LogP contribution in [0.15, 0.2) is 29.3 Å². The lowest BCUT2D eigenvalue weighted by atomic mass is 9.94. The number of hydrogen-bond donors (Lipinski definition) is 2. The van der Waals surface area contributed by atoms with Crippen LogP contribution < -0.4 is 15.8 Å². The fourth-order valence-electron chi connectivity index (χ4n) is 2.26. The second-order valence-electron chi connectivity index (χ2n) is 5.05. The predicted molar refractivity (Wildman–Crippen MR) is 82.9 cm³/mol. The van der Waals surface area contributed by atoms with Crippen LogP contribution in [-0.2, 0) is 9.47 Å². The first-order chi connectivity index (χ1) is 10.2. The van der Waals surface area contributed by atoms with Crippen molar-refractivity contribution in [3.8, 4) is 5.75 Å². The number of rotatable bonds is 5. The summed E-state index contributed by atoms with van der Waals surface area (Å²) in [6.07, 6.45) is 1.67. The number of benzene rings is 1. The van der Waals surface area contributed by atoms with E-state index in [1.54, 1.807) is 14.2 Å². The van der Waals surface area contributed by atoms with E-state index in [9.17, 15) is 0 Å². The van der Waals surface area contributed by atoms with Gasteiger partial charge in [0.15, 0.2) is 5.96 Å². The molecule has 1 aliphatic heterocycles. The van der Waals surface area contributed by atoms with Gasteiger partial charge in [-0.1, -0.05) is 0 Å². The number of nitrogens with one attached hydrogen (secondary N) is 1. The van der Waals surface area contributed by atoms with Crippen molar-refractivity contribution in [1.82, 2.24) is 0 Å². The zero-order valence-electron chi connectivity index (χ0n) is 12.6. The number of methoxy groups -OCH3 is 2. The Hall–Kier alpha value is -1.79. The lowest BCUT2D eigenvalue weighted by Crippen LogP contribution is -2.42. The normalized spacial score (nSPS) is 18.3. The van der Waals surface area contributed by atoms with E-state index in [0.717, 1.165) is 24.3 Å². The number of hydrogen-bond acceptors (Lipinski definition) is 4. The maximum absolute atomic E-state index is 5.93. The lowest BCUT2D eigenvalue weighted by molar-refractivity contribution is -0.0828. The molecule has 6 nitrogen and oxygen atoms in total. The highest BCUT2D eigenvalue weighted by Gasteiger charge is 2.32. The van der Waals surface area contributed by atoms with Gasteiger partial charge in [-0.2, -0.15) is 0 Å². The Bertz CT molecular complexity index is 468. The van der Waals surface area contributed by atoms with E-state index >= 15 is 0 Å². The fraction of sp³-hybridized carbons (Fsp3) is 0.533. The summed E-state index contributed by atoms with van der Waals surface area (Å²) in [5, 5.41) is 3.06. The van der Waals surface area contributed by atoms with Crippen LogP contribution in [0.4, 0.5) is 5.69 Å². The number of aliphatic imine (C=N–C) groups is 1. The highest BCUT2D eigenvalue weighted by atomic mass is 16.5. The first-order valence-electron chi connectivity index (χ1n) is 7.01. The van der Waals surface area contributed by atoms with Crippen molar-refractivity contribution < 1.29 is 14.2 Å². The monoisotopic (exact) mass is 293 g/mol. The summed E-state index contributed by atoms with van der Waals surface area (Å²) in [4.78, 5) is 4.40. The maximum atomic E-state index is 5.93. The largest absolute Gasteiger partial charge is 0.497 e. The SMILES string of the molecule is COc1ccc(NC(N)=NCC2(OC)CCOCC2)cc1. The summed E-state index contributed by atoms with van der Waals surface area (Å²) in [6, 6.07) is 7.51. The summed E-state index contributed by atoms with van der Waals surface area (Å²) in [6.45, 7) is 1.94. The van der Waals surface area contributed by atoms with Gasteiger partial charge in [0.1, 0.15) is 5.75 Å². The molecule has 0 radical (unpaired) electrons. The lowest BCUT2D eigenvalue weighted by Gasteiger charge is -2.34. The van der Waals surface area contributed by atoms with Crippen molar-refractivity contribution in [1.29, 1.82) is 0 Å². The van der Waals surface area contributed by atoms with Crippen molar-refractivity contribution in [2.75, 3.05) is 39.3 Å². The van der Waals surface area contributed by atoms with E-state index < -0.39 is 0 Å².